The SMILES string of the molecule is CCOC(=O)[C@@]12CC1CC(=O)CCCCC[C@H](NC(=O)OC(C)(C)C)C(=O)N1C[C@H](Oc3nc4ccccc4c4ccccc34)C[C@H]1C(=O)N2. The summed E-state index contributed by atoms with van der Waals surface area (Å²) in [6, 6.07) is 13.5. The second-order valence-electron chi connectivity index (χ2n) is 14.6. The number of aromatic nitrogens is 1. The van der Waals surface area contributed by atoms with Crippen molar-refractivity contribution in [2.24, 2.45) is 5.92 Å². The zero-order valence-corrected chi connectivity index (χ0v) is 29.2. The Morgan fingerprint density at radius 2 is 1.72 bits per heavy atom. The van der Waals surface area contributed by atoms with Crippen molar-refractivity contribution in [3.8, 4) is 5.88 Å². The fourth-order valence-corrected chi connectivity index (χ4v) is 7.22. The summed E-state index contributed by atoms with van der Waals surface area (Å²) in [6.07, 6.45) is 1.60. The molecule has 266 valence electrons. The van der Waals surface area contributed by atoms with E-state index in [1.54, 1.807) is 27.7 Å². The van der Waals surface area contributed by atoms with Crippen LogP contribution in [0.25, 0.3) is 21.7 Å². The van der Waals surface area contributed by atoms with Gasteiger partial charge in [-0.3, -0.25) is 14.4 Å². The number of nitrogens with one attached hydrogen (secondary N) is 2. The van der Waals surface area contributed by atoms with E-state index in [2.05, 4.69) is 10.6 Å². The third-order valence-electron chi connectivity index (χ3n) is 9.70. The van der Waals surface area contributed by atoms with Gasteiger partial charge in [-0.1, -0.05) is 49.2 Å². The summed E-state index contributed by atoms with van der Waals surface area (Å²) in [7, 11) is 0. The fraction of sp³-hybridized carbons (Fsp3) is 0.526. The predicted molar refractivity (Wildman–Crippen MR) is 185 cm³/mol. The predicted octanol–water partition coefficient (Wildman–Crippen LogP) is 4.99. The first-order chi connectivity index (χ1) is 23.9. The van der Waals surface area contributed by atoms with Gasteiger partial charge < -0.3 is 29.7 Å². The van der Waals surface area contributed by atoms with Crippen molar-refractivity contribution in [1.29, 1.82) is 0 Å². The average Bonchev–Trinajstić information content (AvgIpc) is 3.57. The summed E-state index contributed by atoms with van der Waals surface area (Å²) in [6.45, 7) is 7.05. The van der Waals surface area contributed by atoms with Crippen molar-refractivity contribution in [1.82, 2.24) is 20.5 Å². The van der Waals surface area contributed by atoms with Crippen LogP contribution in [0.3, 0.4) is 0 Å². The highest BCUT2D eigenvalue weighted by Crippen LogP contribution is 2.48. The molecular formula is C38H46N4O8. The van der Waals surface area contributed by atoms with Crippen LogP contribution in [0.4, 0.5) is 4.79 Å². The van der Waals surface area contributed by atoms with Crippen molar-refractivity contribution in [3.05, 3.63) is 48.5 Å². The van der Waals surface area contributed by atoms with Gasteiger partial charge in [0.15, 0.2) is 0 Å². The first kappa shape index (κ1) is 35.1. The molecule has 3 fully saturated rings. The van der Waals surface area contributed by atoms with E-state index < -0.39 is 59.1 Å². The number of hydrogen-bond acceptors (Lipinski definition) is 9. The summed E-state index contributed by atoms with van der Waals surface area (Å²) < 4.78 is 17.4. The number of ketones is 1. The van der Waals surface area contributed by atoms with Gasteiger partial charge in [-0.2, -0.15) is 0 Å². The molecule has 3 aromatic rings. The zero-order valence-electron chi connectivity index (χ0n) is 29.2. The van der Waals surface area contributed by atoms with Crippen LogP contribution in [0.1, 0.15) is 79.1 Å². The molecule has 12 heteroatoms. The number of ether oxygens (including phenoxy) is 3. The third-order valence-corrected chi connectivity index (χ3v) is 9.70. The Morgan fingerprint density at radius 3 is 2.46 bits per heavy atom. The van der Waals surface area contributed by atoms with Gasteiger partial charge in [-0.25, -0.2) is 14.6 Å². The van der Waals surface area contributed by atoms with Crippen LogP contribution in [0.5, 0.6) is 5.88 Å². The van der Waals surface area contributed by atoms with E-state index in [0.717, 1.165) is 21.7 Å². The van der Waals surface area contributed by atoms with Crippen molar-refractivity contribution in [3.63, 3.8) is 0 Å². The quantitative estimate of drug-likeness (QED) is 0.279. The number of carbonyl (C=O) groups excluding carboxylic acids is 5. The molecule has 2 aromatic carbocycles. The van der Waals surface area contributed by atoms with Gasteiger partial charge in [0.05, 0.1) is 18.7 Å². The maximum atomic E-state index is 14.4. The molecule has 2 aliphatic heterocycles. The van der Waals surface area contributed by atoms with Crippen molar-refractivity contribution < 1.29 is 38.2 Å². The van der Waals surface area contributed by atoms with E-state index in [9.17, 15) is 24.0 Å². The highest BCUT2D eigenvalue weighted by molar-refractivity contribution is 6.07. The molecule has 1 aromatic heterocycles. The maximum Gasteiger partial charge on any atom is 0.408 e. The maximum absolute atomic E-state index is 14.4. The molecule has 1 saturated carbocycles. The number of pyridine rings is 1. The van der Waals surface area contributed by atoms with Crippen molar-refractivity contribution >= 4 is 51.3 Å². The lowest BCUT2D eigenvalue weighted by molar-refractivity contribution is -0.150. The topological polar surface area (TPSA) is 153 Å². The van der Waals surface area contributed by atoms with Gasteiger partial charge in [0.2, 0.25) is 17.7 Å². The number of rotatable bonds is 5. The van der Waals surface area contributed by atoms with Crippen LogP contribution in [-0.4, -0.2) is 82.0 Å². The third kappa shape index (κ3) is 7.53. The number of Topliss-reactive ketones (excluding diaryl/α,β-unsaturated/α-hetero) is 1. The molecule has 0 spiro atoms. The van der Waals surface area contributed by atoms with Crippen LogP contribution >= 0.6 is 0 Å². The number of alkyl carbamates (subject to hydrolysis) is 1. The van der Waals surface area contributed by atoms with E-state index in [4.69, 9.17) is 19.2 Å². The molecule has 1 aliphatic carbocycles. The Labute approximate surface area is 291 Å². The summed E-state index contributed by atoms with van der Waals surface area (Å²) in [5.41, 5.74) is -1.39. The monoisotopic (exact) mass is 686 g/mol. The van der Waals surface area contributed by atoms with E-state index in [0.29, 0.717) is 31.6 Å². The van der Waals surface area contributed by atoms with Crippen LogP contribution in [0, 0.1) is 5.92 Å². The Kier molecular flexibility index (Phi) is 10.00. The molecule has 3 amide bonds. The molecule has 0 bridgehead atoms. The Morgan fingerprint density at radius 1 is 1.00 bits per heavy atom. The standard InChI is InChI=1S/C38H46N4O8/c1-5-48-35(46)38-21-23(38)19-24(43)13-7-6-8-18-30(40-36(47)50-37(2,3)4)34(45)42-22-25(20-31(42)32(44)41-38)49-33-28-16-10-9-14-26(28)27-15-11-12-17-29(27)39-33/h9-12,14-17,23,25,30-31H,5-8,13,18-22H2,1-4H3,(H,40,47)(H,41,44)/t23?,25-,30+,31+,38-/m1/s1. The number of para-hydroxylation sites is 1. The molecule has 1 unspecified atom stereocenters. The molecule has 3 aliphatic rings. The number of esters is 1. The van der Waals surface area contributed by atoms with Crippen LogP contribution < -0.4 is 15.4 Å². The minimum absolute atomic E-state index is 0.0101. The first-order valence-corrected chi connectivity index (χ1v) is 17.6. The Balaban J connectivity index is 1.34. The average molecular weight is 687 g/mol. The molecule has 2 N–H and O–H groups in total. The molecule has 50 heavy (non-hydrogen) atoms. The van der Waals surface area contributed by atoms with Gasteiger partial charge in [-0.05, 0) is 64.5 Å². The highest BCUT2D eigenvalue weighted by atomic mass is 16.6. The minimum atomic E-state index is -1.35. The summed E-state index contributed by atoms with van der Waals surface area (Å²) >= 11 is 0. The molecular weight excluding hydrogens is 640 g/mol. The lowest BCUT2D eigenvalue weighted by atomic mass is 10.0. The van der Waals surface area contributed by atoms with Gasteiger partial charge >= 0.3 is 12.1 Å². The van der Waals surface area contributed by atoms with E-state index in [1.807, 2.05) is 48.5 Å². The number of amides is 3. The van der Waals surface area contributed by atoms with Crippen molar-refractivity contribution in [2.45, 2.75) is 108 Å². The normalized spacial score (nSPS) is 26.2. The van der Waals surface area contributed by atoms with Gasteiger partial charge in [-0.15, -0.1) is 0 Å². The van der Waals surface area contributed by atoms with Gasteiger partial charge in [0.1, 0.15) is 35.1 Å². The molecule has 6 rings (SSSR count). The fourth-order valence-electron chi connectivity index (χ4n) is 7.22. The lowest BCUT2D eigenvalue weighted by Crippen LogP contribution is -2.56. The van der Waals surface area contributed by atoms with E-state index in [-0.39, 0.29) is 44.6 Å². The number of carbonyl (C=O) groups is 5. The van der Waals surface area contributed by atoms with E-state index in [1.165, 1.54) is 4.90 Å². The molecule has 2 saturated heterocycles. The number of fused-ring (bicyclic) bond motifs is 5. The smallest absolute Gasteiger partial charge is 0.408 e. The first-order valence-electron chi connectivity index (χ1n) is 17.6. The molecule has 5 atom stereocenters. The zero-order chi connectivity index (χ0) is 35.6. The minimum Gasteiger partial charge on any atom is -0.472 e. The molecule has 12 nitrogen and oxygen atoms in total. The largest absolute Gasteiger partial charge is 0.472 e. The van der Waals surface area contributed by atoms with Gasteiger partial charge in [0.25, 0.3) is 0 Å². The second kappa shape index (κ2) is 14.2. The molecule has 0 radical (unpaired) electrons. The van der Waals surface area contributed by atoms with Crippen molar-refractivity contribution in [2.75, 3.05) is 13.2 Å². The van der Waals surface area contributed by atoms with E-state index >= 15 is 0 Å². The lowest BCUT2D eigenvalue weighted by Gasteiger charge is -2.30. The Hall–Kier alpha value is -4.74. The number of hydrogen-bond donors (Lipinski definition) is 2. The number of benzene rings is 2. The summed E-state index contributed by atoms with van der Waals surface area (Å²) in [5.74, 6) is -1.59. The van der Waals surface area contributed by atoms with Crippen LogP contribution in [-0.2, 0) is 28.7 Å². The van der Waals surface area contributed by atoms with Crippen LogP contribution in [0.15, 0.2) is 48.5 Å². The highest BCUT2D eigenvalue weighted by Gasteiger charge is 2.63. The molecule has 3 heterocycles. The number of nitrogens with zero attached hydrogens (tertiary/aromatic N) is 2. The summed E-state index contributed by atoms with van der Waals surface area (Å²) in [5, 5.41) is 8.39. The Bertz CT molecular complexity index is 1800. The van der Waals surface area contributed by atoms with Crippen LogP contribution in [0.2, 0.25) is 0 Å². The summed E-state index contributed by atoms with van der Waals surface area (Å²) in [4.78, 5) is 74.0. The van der Waals surface area contributed by atoms with Gasteiger partial charge in [0, 0.05) is 36.0 Å². The second-order valence-corrected chi connectivity index (χ2v) is 14.6.